The van der Waals surface area contributed by atoms with Gasteiger partial charge in [-0.15, -0.1) is 25.2 Å². The normalized spacial score (nSPS) is 18.1. The van der Waals surface area contributed by atoms with Crippen molar-refractivity contribution in [3.63, 3.8) is 0 Å². The molecular weight excluding hydrogens is 470 g/mol. The topological polar surface area (TPSA) is 136 Å². The third-order valence-electron chi connectivity index (χ3n) is 5.99. The summed E-state index contributed by atoms with van der Waals surface area (Å²) in [7, 11) is 0. The molecule has 0 aliphatic carbocycles. The molecule has 1 spiro atoms. The first-order valence-electron chi connectivity index (χ1n) is 10.5. The molecule has 1 aromatic carbocycles. The van der Waals surface area contributed by atoms with Gasteiger partial charge in [0.15, 0.2) is 16.8 Å². The average molecular weight is 490 g/mol. The van der Waals surface area contributed by atoms with Gasteiger partial charge in [-0.25, -0.2) is 4.79 Å². The van der Waals surface area contributed by atoms with Crippen LogP contribution in [-0.4, -0.2) is 66.0 Å². The molecule has 4 heterocycles. The van der Waals surface area contributed by atoms with Crippen LogP contribution in [0.3, 0.4) is 0 Å². The lowest BCUT2D eigenvalue weighted by molar-refractivity contribution is -0.141. The molecule has 3 aromatic rings. The number of carboxylic acids is 1. The lowest BCUT2D eigenvalue weighted by Crippen LogP contribution is -2.51. The highest BCUT2D eigenvalue weighted by atomic mass is 35.5. The fourth-order valence-electron chi connectivity index (χ4n) is 4.21. The summed E-state index contributed by atoms with van der Waals surface area (Å²) in [5, 5.41) is 31.2. The molecule has 0 bridgehead atoms. The molecule has 13 heteroatoms. The van der Waals surface area contributed by atoms with E-state index in [0.29, 0.717) is 65.2 Å². The molecule has 2 aromatic heterocycles. The summed E-state index contributed by atoms with van der Waals surface area (Å²) in [5.74, 6) is -0.225. The number of nitrogens with zero attached hydrogens (tertiary/aromatic N) is 7. The molecule has 1 saturated heterocycles. The number of hydrogen-bond acceptors (Lipinski definition) is 10. The fourth-order valence-corrected chi connectivity index (χ4v) is 5.30. The molecule has 172 valence electrons. The van der Waals surface area contributed by atoms with Crippen LogP contribution in [0.4, 0.5) is 5.13 Å². The molecule has 5 rings (SSSR count). The molecule has 1 unspecified atom stereocenters. The Morgan fingerprint density at radius 3 is 2.82 bits per heavy atom. The number of Topliss-reactive ketones (excluding diaryl/α,β-unsaturated/α-hetero) is 1. The maximum atomic E-state index is 12.7. The first-order chi connectivity index (χ1) is 15.9. The minimum Gasteiger partial charge on any atom is -0.486 e. The second kappa shape index (κ2) is 8.34. The predicted octanol–water partition coefficient (Wildman–Crippen LogP) is 2.89. The Balaban J connectivity index is 1.28. The minimum absolute atomic E-state index is 0.00871. The maximum Gasteiger partial charge on any atom is 0.330 e. The zero-order chi connectivity index (χ0) is 23.2. The Labute approximate surface area is 197 Å². The number of fused-ring (bicyclic) bond motifs is 1. The second-order valence-corrected chi connectivity index (χ2v) is 9.43. The molecule has 0 amide bonds. The maximum absolute atomic E-state index is 12.7. The number of aromatic nitrogens is 6. The van der Waals surface area contributed by atoms with Crippen LogP contribution in [0, 0.1) is 0 Å². The lowest BCUT2D eigenvalue weighted by atomic mass is 9.82. The van der Waals surface area contributed by atoms with Crippen molar-refractivity contribution in [3.05, 3.63) is 28.8 Å². The van der Waals surface area contributed by atoms with Gasteiger partial charge in [-0.2, -0.15) is 0 Å². The van der Waals surface area contributed by atoms with E-state index in [1.54, 1.807) is 25.1 Å². The van der Waals surface area contributed by atoms with E-state index in [1.165, 1.54) is 11.3 Å². The lowest BCUT2D eigenvalue weighted by Gasteiger charge is -2.43. The number of ketones is 1. The average Bonchev–Trinajstić information content (AvgIpc) is 3.44. The van der Waals surface area contributed by atoms with E-state index < -0.39 is 17.6 Å². The van der Waals surface area contributed by atoms with Crippen molar-refractivity contribution < 1.29 is 19.4 Å². The number of aliphatic carboxylic acids is 1. The van der Waals surface area contributed by atoms with Gasteiger partial charge in [-0.05, 0) is 23.8 Å². The van der Waals surface area contributed by atoms with Crippen molar-refractivity contribution in [2.45, 2.75) is 44.2 Å². The van der Waals surface area contributed by atoms with E-state index in [9.17, 15) is 14.7 Å². The molecule has 1 fully saturated rings. The van der Waals surface area contributed by atoms with Crippen molar-refractivity contribution in [2.24, 2.45) is 0 Å². The number of benzene rings is 1. The van der Waals surface area contributed by atoms with Gasteiger partial charge in [0, 0.05) is 25.9 Å². The van der Waals surface area contributed by atoms with Crippen LogP contribution in [0.5, 0.6) is 5.75 Å². The van der Waals surface area contributed by atoms with E-state index in [4.69, 9.17) is 16.3 Å². The van der Waals surface area contributed by atoms with Crippen molar-refractivity contribution in [1.82, 2.24) is 30.4 Å². The fraction of sp³-hybridized carbons (Fsp3) is 0.450. The zero-order valence-electron chi connectivity index (χ0n) is 17.6. The van der Waals surface area contributed by atoms with Crippen LogP contribution in [0.25, 0.3) is 10.8 Å². The molecule has 2 aliphatic heterocycles. The Morgan fingerprint density at radius 1 is 1.30 bits per heavy atom. The van der Waals surface area contributed by atoms with Gasteiger partial charge in [-0.1, -0.05) is 35.9 Å². The van der Waals surface area contributed by atoms with Crippen molar-refractivity contribution >= 4 is 39.8 Å². The van der Waals surface area contributed by atoms with Crippen LogP contribution < -0.4 is 9.64 Å². The quantitative estimate of drug-likeness (QED) is 0.569. The second-order valence-electron chi connectivity index (χ2n) is 8.07. The van der Waals surface area contributed by atoms with Gasteiger partial charge < -0.3 is 14.7 Å². The highest BCUT2D eigenvalue weighted by Crippen LogP contribution is 2.42. The smallest absolute Gasteiger partial charge is 0.330 e. The number of halogens is 1. The largest absolute Gasteiger partial charge is 0.486 e. The number of hydrogen-bond donors (Lipinski definition) is 1. The van der Waals surface area contributed by atoms with Crippen molar-refractivity contribution in [2.75, 3.05) is 18.0 Å². The number of tetrazole rings is 1. The van der Waals surface area contributed by atoms with Crippen molar-refractivity contribution in [1.29, 1.82) is 0 Å². The van der Waals surface area contributed by atoms with Crippen LogP contribution >= 0.6 is 22.9 Å². The molecule has 1 atom stereocenters. The van der Waals surface area contributed by atoms with Gasteiger partial charge >= 0.3 is 5.97 Å². The van der Waals surface area contributed by atoms with E-state index in [-0.39, 0.29) is 11.6 Å². The summed E-state index contributed by atoms with van der Waals surface area (Å²) >= 11 is 7.51. The standard InChI is InChI=1S/C20H20ClN7O4S/c1-2-12(18(30)31)28-25-16(22-26-28)17-23-24-19(33-17)27-8-6-20(7-9-27)10-13(29)15-11(21)4-3-5-14(15)32-20/h3-5,12H,2,6-10H2,1H3,(H,30,31). The summed E-state index contributed by atoms with van der Waals surface area (Å²) in [6.07, 6.45) is 1.95. The first-order valence-corrected chi connectivity index (χ1v) is 11.7. The Hall–Kier alpha value is -3.12. The Morgan fingerprint density at radius 2 is 2.09 bits per heavy atom. The first kappa shape index (κ1) is 21.7. The number of carboxylic acid groups (broad SMARTS) is 1. The summed E-state index contributed by atoms with van der Waals surface area (Å²) in [4.78, 5) is 27.2. The molecule has 11 nitrogen and oxygen atoms in total. The van der Waals surface area contributed by atoms with Gasteiger partial charge in [0.05, 0.1) is 17.0 Å². The predicted molar refractivity (Wildman–Crippen MR) is 119 cm³/mol. The van der Waals surface area contributed by atoms with E-state index in [0.717, 1.165) is 4.80 Å². The van der Waals surface area contributed by atoms with Gasteiger partial charge in [0.2, 0.25) is 11.0 Å². The van der Waals surface area contributed by atoms with Crippen molar-refractivity contribution in [3.8, 4) is 16.6 Å². The van der Waals surface area contributed by atoms with Gasteiger partial charge in [0.1, 0.15) is 11.4 Å². The zero-order valence-corrected chi connectivity index (χ0v) is 19.2. The number of anilines is 1. The monoisotopic (exact) mass is 489 g/mol. The highest BCUT2D eigenvalue weighted by Gasteiger charge is 2.44. The summed E-state index contributed by atoms with van der Waals surface area (Å²) < 4.78 is 6.28. The van der Waals surface area contributed by atoms with E-state index in [1.807, 2.05) is 0 Å². The Bertz CT molecular complexity index is 1220. The number of piperidine rings is 1. The SMILES string of the molecule is CCC(C(=O)O)n1nnc(-c2nnc(N3CCC4(CC3)CC(=O)c3c(Cl)cccc3O4)s2)n1. The number of rotatable bonds is 5. The molecule has 0 saturated carbocycles. The summed E-state index contributed by atoms with van der Waals surface area (Å²) in [6, 6.07) is 4.40. The highest BCUT2D eigenvalue weighted by molar-refractivity contribution is 7.18. The minimum atomic E-state index is -1.02. The molecular formula is C20H20ClN7O4S. The number of carbonyl (C=O) groups is 2. The summed E-state index contributed by atoms with van der Waals surface area (Å²) in [5.41, 5.74) is -0.0792. The van der Waals surface area contributed by atoms with Crippen LogP contribution in [0.1, 0.15) is 49.0 Å². The van der Waals surface area contributed by atoms with Gasteiger partial charge in [-0.3, -0.25) is 4.79 Å². The molecule has 0 radical (unpaired) electrons. The van der Waals surface area contributed by atoms with E-state index in [2.05, 4.69) is 30.5 Å². The summed E-state index contributed by atoms with van der Waals surface area (Å²) in [6.45, 7) is 3.04. The molecule has 33 heavy (non-hydrogen) atoms. The third kappa shape index (κ3) is 3.93. The third-order valence-corrected chi connectivity index (χ3v) is 7.29. The Kier molecular flexibility index (Phi) is 5.49. The number of ether oxygens (including phenoxy) is 1. The van der Waals surface area contributed by atoms with Crippen LogP contribution in [0.2, 0.25) is 5.02 Å². The van der Waals surface area contributed by atoms with Gasteiger partial charge in [0.25, 0.3) is 0 Å². The number of carbonyl (C=O) groups excluding carboxylic acids is 1. The molecule has 2 aliphatic rings. The van der Waals surface area contributed by atoms with E-state index >= 15 is 0 Å². The van der Waals surface area contributed by atoms with Crippen LogP contribution in [0.15, 0.2) is 18.2 Å². The molecule has 1 N–H and O–H groups in total. The van der Waals surface area contributed by atoms with Crippen LogP contribution in [-0.2, 0) is 4.79 Å².